The summed E-state index contributed by atoms with van der Waals surface area (Å²) >= 11 is 1.36. The second-order valence-corrected chi connectivity index (χ2v) is 5.60. The Hall–Kier alpha value is -2.78. The van der Waals surface area contributed by atoms with E-state index in [1.807, 2.05) is 59.2 Å². The number of hydrogen-bond acceptors (Lipinski definition) is 5. The van der Waals surface area contributed by atoms with Crippen molar-refractivity contribution < 1.29 is 4.74 Å². The average Bonchev–Trinajstić information content (AvgIpc) is 3.04. The monoisotopic (exact) mass is 322 g/mol. The molecule has 0 spiro atoms. The number of ether oxygens (including phenoxy) is 1. The molecule has 5 nitrogen and oxygen atoms in total. The Morgan fingerprint density at radius 2 is 1.96 bits per heavy atom. The first kappa shape index (κ1) is 15.1. The number of hydrogen-bond donors (Lipinski definition) is 0. The van der Waals surface area contributed by atoms with E-state index in [4.69, 9.17) is 10.00 Å². The lowest BCUT2D eigenvalue weighted by atomic mass is 10.2. The molecule has 0 aliphatic carbocycles. The highest BCUT2D eigenvalue weighted by Gasteiger charge is 2.16. The number of aromatic nitrogens is 3. The third-order valence-corrected chi connectivity index (χ3v) is 4.04. The van der Waals surface area contributed by atoms with Gasteiger partial charge in [0.15, 0.2) is 11.0 Å². The zero-order chi connectivity index (χ0) is 16.1. The summed E-state index contributed by atoms with van der Waals surface area (Å²) in [5, 5.41) is 18.1. The third kappa shape index (κ3) is 3.20. The maximum atomic E-state index is 8.84. The molecule has 2 aromatic carbocycles. The van der Waals surface area contributed by atoms with Gasteiger partial charge in [0.2, 0.25) is 0 Å². The van der Waals surface area contributed by atoms with Crippen LogP contribution in [-0.4, -0.2) is 27.6 Å². The molecule has 1 aromatic heterocycles. The summed E-state index contributed by atoms with van der Waals surface area (Å²) in [7, 11) is 1.63. The minimum absolute atomic E-state index is 0.322. The lowest BCUT2D eigenvalue weighted by molar-refractivity contribution is 0.415. The Kier molecular flexibility index (Phi) is 4.60. The summed E-state index contributed by atoms with van der Waals surface area (Å²) in [5.41, 5.74) is 1.86. The lowest BCUT2D eigenvalue weighted by Crippen LogP contribution is -1.99. The minimum atomic E-state index is 0.322. The fraction of sp³-hybridized carbons (Fsp3) is 0.118. The van der Waals surface area contributed by atoms with Crippen molar-refractivity contribution in [3.05, 3.63) is 54.6 Å². The van der Waals surface area contributed by atoms with E-state index in [9.17, 15) is 0 Å². The summed E-state index contributed by atoms with van der Waals surface area (Å²) < 4.78 is 7.24. The summed E-state index contributed by atoms with van der Waals surface area (Å²) in [5.74, 6) is 1.80. The van der Waals surface area contributed by atoms with Crippen molar-refractivity contribution in [2.45, 2.75) is 5.16 Å². The highest BCUT2D eigenvalue weighted by Crippen LogP contribution is 2.29. The third-order valence-electron chi connectivity index (χ3n) is 3.24. The number of nitrogens with zero attached hydrogens (tertiary/aromatic N) is 4. The van der Waals surface area contributed by atoms with Gasteiger partial charge >= 0.3 is 0 Å². The van der Waals surface area contributed by atoms with E-state index in [2.05, 4.69) is 16.3 Å². The van der Waals surface area contributed by atoms with E-state index in [1.54, 1.807) is 7.11 Å². The molecule has 3 rings (SSSR count). The second kappa shape index (κ2) is 6.99. The fourth-order valence-corrected chi connectivity index (χ4v) is 2.83. The minimum Gasteiger partial charge on any atom is -0.497 e. The first-order valence-corrected chi connectivity index (χ1v) is 7.97. The molecular formula is C17H14N4OS. The summed E-state index contributed by atoms with van der Waals surface area (Å²) in [6.45, 7) is 0. The molecule has 0 N–H and O–H groups in total. The number of nitriles is 1. The van der Waals surface area contributed by atoms with Crippen molar-refractivity contribution in [1.29, 1.82) is 5.26 Å². The molecule has 0 fully saturated rings. The van der Waals surface area contributed by atoms with Gasteiger partial charge in [0.25, 0.3) is 0 Å². The summed E-state index contributed by atoms with van der Waals surface area (Å²) in [4.78, 5) is 0. The lowest BCUT2D eigenvalue weighted by Gasteiger charge is -2.10. The first-order chi connectivity index (χ1) is 11.3. The summed E-state index contributed by atoms with van der Waals surface area (Å²) in [6, 6.07) is 19.7. The van der Waals surface area contributed by atoms with Crippen LogP contribution in [0.4, 0.5) is 0 Å². The van der Waals surface area contributed by atoms with Gasteiger partial charge in [-0.15, -0.1) is 10.2 Å². The maximum absolute atomic E-state index is 8.84. The molecule has 0 amide bonds. The molecule has 0 aliphatic rings. The van der Waals surface area contributed by atoms with Crippen LogP contribution >= 0.6 is 11.8 Å². The number of benzene rings is 2. The van der Waals surface area contributed by atoms with Gasteiger partial charge in [-0.25, -0.2) is 0 Å². The van der Waals surface area contributed by atoms with E-state index < -0.39 is 0 Å². The molecule has 0 radical (unpaired) electrons. The molecule has 1 heterocycles. The van der Waals surface area contributed by atoms with Gasteiger partial charge < -0.3 is 4.74 Å². The van der Waals surface area contributed by atoms with E-state index >= 15 is 0 Å². The second-order valence-electron chi connectivity index (χ2n) is 4.66. The standard InChI is InChI=1S/C17H14N4OS/c1-22-15-9-5-6-13(12-15)16-19-20-17(23-11-10-18)21(16)14-7-3-2-4-8-14/h2-9,12H,11H2,1H3. The largest absolute Gasteiger partial charge is 0.497 e. The number of methoxy groups -OCH3 is 1. The smallest absolute Gasteiger partial charge is 0.197 e. The van der Waals surface area contributed by atoms with Gasteiger partial charge in [-0.3, -0.25) is 4.57 Å². The highest BCUT2D eigenvalue weighted by molar-refractivity contribution is 7.99. The maximum Gasteiger partial charge on any atom is 0.197 e. The van der Waals surface area contributed by atoms with Crippen LogP contribution in [0.15, 0.2) is 59.8 Å². The van der Waals surface area contributed by atoms with Crippen molar-refractivity contribution in [2.24, 2.45) is 0 Å². The van der Waals surface area contributed by atoms with Crippen molar-refractivity contribution >= 4 is 11.8 Å². The molecule has 0 aliphatic heterocycles. The van der Waals surface area contributed by atoms with Gasteiger partial charge in [0.1, 0.15) is 5.75 Å². The Balaban J connectivity index is 2.13. The van der Waals surface area contributed by atoms with Gasteiger partial charge in [-0.05, 0) is 24.3 Å². The normalized spacial score (nSPS) is 10.3. The quantitative estimate of drug-likeness (QED) is 0.672. The molecule has 0 bridgehead atoms. The van der Waals surface area contributed by atoms with Crippen molar-refractivity contribution in [3.63, 3.8) is 0 Å². The van der Waals surface area contributed by atoms with Gasteiger partial charge in [0, 0.05) is 11.3 Å². The van der Waals surface area contributed by atoms with Crippen LogP contribution in [0.1, 0.15) is 0 Å². The summed E-state index contributed by atoms with van der Waals surface area (Å²) in [6.07, 6.45) is 0. The predicted molar refractivity (Wildman–Crippen MR) is 89.7 cm³/mol. The Morgan fingerprint density at radius 1 is 1.13 bits per heavy atom. The van der Waals surface area contributed by atoms with Crippen LogP contribution in [0.3, 0.4) is 0 Å². The van der Waals surface area contributed by atoms with Crippen LogP contribution in [0.5, 0.6) is 5.75 Å². The van der Waals surface area contributed by atoms with Crippen LogP contribution in [-0.2, 0) is 0 Å². The number of para-hydroxylation sites is 1. The van der Waals surface area contributed by atoms with Crippen LogP contribution < -0.4 is 4.74 Å². The van der Waals surface area contributed by atoms with Crippen molar-refractivity contribution in [2.75, 3.05) is 12.9 Å². The highest BCUT2D eigenvalue weighted by atomic mass is 32.2. The first-order valence-electron chi connectivity index (χ1n) is 6.98. The van der Waals surface area contributed by atoms with E-state index in [-0.39, 0.29) is 0 Å². The zero-order valence-corrected chi connectivity index (χ0v) is 13.3. The Morgan fingerprint density at radius 3 is 2.70 bits per heavy atom. The average molecular weight is 322 g/mol. The van der Waals surface area contributed by atoms with Gasteiger partial charge in [-0.1, -0.05) is 42.1 Å². The van der Waals surface area contributed by atoms with E-state index in [1.165, 1.54) is 11.8 Å². The number of rotatable bonds is 5. The van der Waals surface area contributed by atoms with Gasteiger partial charge in [-0.2, -0.15) is 5.26 Å². The molecular weight excluding hydrogens is 308 g/mol. The molecule has 0 atom stereocenters. The fourth-order valence-electron chi connectivity index (χ4n) is 2.22. The molecule has 0 saturated carbocycles. The van der Waals surface area contributed by atoms with Gasteiger partial charge in [0.05, 0.1) is 18.9 Å². The van der Waals surface area contributed by atoms with Crippen molar-refractivity contribution in [3.8, 4) is 28.9 Å². The van der Waals surface area contributed by atoms with Crippen LogP contribution in [0, 0.1) is 11.3 Å². The topological polar surface area (TPSA) is 63.7 Å². The molecule has 0 saturated heterocycles. The SMILES string of the molecule is COc1cccc(-c2nnc(SCC#N)n2-c2ccccc2)c1. The Labute approximate surface area is 138 Å². The Bertz CT molecular complexity index is 839. The molecule has 3 aromatic rings. The van der Waals surface area contributed by atoms with Crippen molar-refractivity contribution in [1.82, 2.24) is 14.8 Å². The zero-order valence-electron chi connectivity index (χ0n) is 12.5. The molecule has 23 heavy (non-hydrogen) atoms. The van der Waals surface area contributed by atoms with E-state index in [0.29, 0.717) is 10.9 Å². The molecule has 6 heteroatoms. The van der Waals surface area contributed by atoms with Crippen LogP contribution in [0.25, 0.3) is 17.1 Å². The molecule has 114 valence electrons. The van der Waals surface area contributed by atoms with Crippen LogP contribution in [0.2, 0.25) is 0 Å². The molecule has 0 unspecified atom stereocenters. The predicted octanol–water partition coefficient (Wildman–Crippen LogP) is 3.56. The number of thioether (sulfide) groups is 1. The van der Waals surface area contributed by atoms with E-state index in [0.717, 1.165) is 22.8 Å².